The van der Waals surface area contributed by atoms with E-state index in [9.17, 15) is 0 Å². The van der Waals surface area contributed by atoms with Crippen molar-refractivity contribution < 1.29 is 0 Å². The normalized spacial score (nSPS) is 9.29. The van der Waals surface area contributed by atoms with Crippen LogP contribution < -0.4 is 5.73 Å². The summed E-state index contributed by atoms with van der Waals surface area (Å²) in [5.41, 5.74) is 5.37. The van der Waals surface area contributed by atoms with Gasteiger partial charge in [0.05, 0.1) is 8.79 Å². The number of nitrogen functional groups attached to an aromatic ring is 1. The van der Waals surface area contributed by atoms with Gasteiger partial charge in [-0.25, -0.2) is 0 Å². The highest BCUT2D eigenvalue weighted by atomic mass is 79.9. The molecule has 0 aliphatic rings. The van der Waals surface area contributed by atoms with Gasteiger partial charge in [0.15, 0.2) is 0 Å². The Hall–Kier alpha value is -0.0200. The molecule has 2 N–H and O–H groups in total. The average Bonchev–Trinajstić information content (AvgIpc) is 1.87. The van der Waals surface area contributed by atoms with Crippen LogP contribution in [0.25, 0.3) is 0 Å². The molecule has 1 aromatic rings. The molecular formula is C4H4BrNS. The van der Waals surface area contributed by atoms with Gasteiger partial charge in [0.25, 0.3) is 0 Å². The van der Waals surface area contributed by atoms with Gasteiger partial charge in [-0.3, -0.25) is 0 Å². The topological polar surface area (TPSA) is 26.0 Å². The predicted molar refractivity (Wildman–Crippen MR) is 36.4 cm³/mol. The van der Waals surface area contributed by atoms with Crippen LogP contribution in [-0.2, 0) is 0 Å². The lowest BCUT2D eigenvalue weighted by molar-refractivity contribution is 1.92. The van der Waals surface area contributed by atoms with Crippen LogP contribution in [0.4, 0.5) is 5.00 Å². The molecule has 0 amide bonds. The molecule has 0 atom stereocenters. The summed E-state index contributed by atoms with van der Waals surface area (Å²) >= 11 is 4.81. The van der Waals surface area contributed by atoms with E-state index in [1.165, 1.54) is 11.3 Å². The van der Waals surface area contributed by atoms with Gasteiger partial charge in [-0.15, -0.1) is 11.3 Å². The van der Waals surface area contributed by atoms with Crippen molar-refractivity contribution in [1.82, 2.24) is 0 Å². The molecule has 0 aliphatic carbocycles. The maximum absolute atomic E-state index is 5.37. The minimum absolute atomic E-state index is 0.854. The Morgan fingerprint density at radius 2 is 2.29 bits per heavy atom. The first-order chi connectivity index (χ1) is 3.29. The molecule has 7 heavy (non-hydrogen) atoms. The molecule has 38 valence electrons. The van der Waals surface area contributed by atoms with E-state index in [0.717, 1.165) is 8.79 Å². The fourth-order valence-electron chi connectivity index (χ4n) is 0.328. The molecule has 1 heterocycles. The number of hydrogen-bond donors (Lipinski definition) is 1. The Morgan fingerprint density at radius 3 is 2.43 bits per heavy atom. The second kappa shape index (κ2) is 1.84. The van der Waals surface area contributed by atoms with Gasteiger partial charge in [-0.05, 0) is 28.1 Å². The van der Waals surface area contributed by atoms with Gasteiger partial charge in [-0.2, -0.15) is 0 Å². The van der Waals surface area contributed by atoms with Crippen molar-refractivity contribution in [2.24, 2.45) is 0 Å². The zero-order chi connectivity index (χ0) is 5.28. The summed E-state index contributed by atoms with van der Waals surface area (Å²) in [6, 6.07) is 3.80. The second-order valence-electron chi connectivity index (χ2n) is 1.14. The van der Waals surface area contributed by atoms with E-state index in [1.54, 1.807) is 0 Å². The van der Waals surface area contributed by atoms with Crippen LogP contribution in [0.5, 0.6) is 0 Å². The van der Waals surface area contributed by atoms with E-state index in [-0.39, 0.29) is 0 Å². The molecule has 0 aromatic carbocycles. The highest BCUT2D eigenvalue weighted by Crippen LogP contribution is 2.22. The van der Waals surface area contributed by atoms with Crippen LogP contribution in [0.3, 0.4) is 0 Å². The Bertz CT molecular complexity index is 144. The summed E-state index contributed by atoms with van der Waals surface area (Å²) in [5.74, 6) is 0. The molecule has 1 nitrogen and oxygen atoms in total. The first-order valence-electron chi connectivity index (χ1n) is 1.80. The summed E-state index contributed by atoms with van der Waals surface area (Å²) in [6.07, 6.45) is 0. The second-order valence-corrected chi connectivity index (χ2v) is 3.64. The summed E-state index contributed by atoms with van der Waals surface area (Å²) in [7, 11) is 0. The third kappa shape index (κ3) is 1.17. The molecule has 1 aromatic heterocycles. The highest BCUT2D eigenvalue weighted by molar-refractivity contribution is 9.11. The number of rotatable bonds is 0. The summed E-state index contributed by atoms with van der Waals surface area (Å²) in [5, 5.41) is 0.854. The Balaban J connectivity index is 3.04. The lowest BCUT2D eigenvalue weighted by Crippen LogP contribution is -1.72. The Morgan fingerprint density at radius 1 is 1.57 bits per heavy atom. The summed E-state index contributed by atoms with van der Waals surface area (Å²) in [6.45, 7) is 0. The van der Waals surface area contributed by atoms with Crippen LogP contribution in [0.1, 0.15) is 0 Å². The smallest absolute Gasteiger partial charge is 0.0868 e. The lowest BCUT2D eigenvalue weighted by Gasteiger charge is -1.71. The molecule has 3 heteroatoms. The maximum Gasteiger partial charge on any atom is 0.0868 e. The van der Waals surface area contributed by atoms with Crippen molar-refractivity contribution in [3.05, 3.63) is 15.9 Å². The van der Waals surface area contributed by atoms with Crippen molar-refractivity contribution >= 4 is 32.3 Å². The van der Waals surface area contributed by atoms with Gasteiger partial charge in [0.2, 0.25) is 0 Å². The third-order valence-corrected chi connectivity index (χ3v) is 2.05. The molecule has 0 spiro atoms. The van der Waals surface area contributed by atoms with Crippen molar-refractivity contribution in [3.63, 3.8) is 0 Å². The van der Waals surface area contributed by atoms with Crippen LogP contribution in [0, 0.1) is 0 Å². The van der Waals surface area contributed by atoms with Crippen LogP contribution in [-0.4, -0.2) is 0 Å². The van der Waals surface area contributed by atoms with E-state index < -0.39 is 0 Å². The highest BCUT2D eigenvalue weighted by Gasteiger charge is 1.86. The molecular weight excluding hydrogens is 174 g/mol. The largest absolute Gasteiger partial charge is 0.391 e. The molecule has 1 rings (SSSR count). The van der Waals surface area contributed by atoms with Gasteiger partial charge in [0.1, 0.15) is 0 Å². The number of anilines is 1. The minimum atomic E-state index is 0.854. The van der Waals surface area contributed by atoms with Gasteiger partial charge in [0, 0.05) is 0 Å². The van der Waals surface area contributed by atoms with Crippen LogP contribution in [0.2, 0.25) is 0 Å². The fourth-order valence-corrected chi connectivity index (χ4v) is 1.52. The third-order valence-electron chi connectivity index (χ3n) is 0.594. The molecule has 0 unspecified atom stereocenters. The van der Waals surface area contributed by atoms with Crippen molar-refractivity contribution in [2.45, 2.75) is 0 Å². The molecule has 0 bridgehead atoms. The molecule has 0 saturated carbocycles. The first-order valence-corrected chi connectivity index (χ1v) is 3.41. The van der Waals surface area contributed by atoms with E-state index >= 15 is 0 Å². The molecule has 0 saturated heterocycles. The van der Waals surface area contributed by atoms with Crippen LogP contribution in [0.15, 0.2) is 15.9 Å². The van der Waals surface area contributed by atoms with E-state index in [4.69, 9.17) is 5.73 Å². The number of nitrogens with two attached hydrogens (primary N) is 1. The number of hydrogen-bond acceptors (Lipinski definition) is 2. The summed E-state index contributed by atoms with van der Waals surface area (Å²) < 4.78 is 1.09. The zero-order valence-electron chi connectivity index (χ0n) is 3.52. The van der Waals surface area contributed by atoms with Gasteiger partial charge in [-0.1, -0.05) is 0 Å². The molecule has 0 radical (unpaired) electrons. The van der Waals surface area contributed by atoms with Gasteiger partial charge >= 0.3 is 0 Å². The maximum atomic E-state index is 5.37. The average molecular weight is 178 g/mol. The van der Waals surface area contributed by atoms with E-state index in [1.807, 2.05) is 12.1 Å². The van der Waals surface area contributed by atoms with Gasteiger partial charge < -0.3 is 5.73 Å². The lowest BCUT2D eigenvalue weighted by atomic mass is 10.6. The number of thiophene rings is 1. The van der Waals surface area contributed by atoms with Crippen molar-refractivity contribution in [2.75, 3.05) is 5.73 Å². The monoisotopic (exact) mass is 177 g/mol. The molecule has 0 fully saturated rings. The van der Waals surface area contributed by atoms with Crippen LogP contribution >= 0.6 is 27.3 Å². The summed E-state index contributed by atoms with van der Waals surface area (Å²) in [4.78, 5) is 0. The SMILES string of the molecule is Nc1ccc(Br)s1. The quantitative estimate of drug-likeness (QED) is 0.646. The van der Waals surface area contributed by atoms with Crippen molar-refractivity contribution in [1.29, 1.82) is 0 Å². The van der Waals surface area contributed by atoms with E-state index in [2.05, 4.69) is 15.9 Å². The first kappa shape index (κ1) is 5.12. The minimum Gasteiger partial charge on any atom is -0.391 e. The van der Waals surface area contributed by atoms with E-state index in [0.29, 0.717) is 0 Å². The predicted octanol–water partition coefficient (Wildman–Crippen LogP) is 2.09. The fraction of sp³-hybridized carbons (Fsp3) is 0. The van der Waals surface area contributed by atoms with Crippen molar-refractivity contribution in [3.8, 4) is 0 Å². The Labute approximate surface area is 54.3 Å². The number of halogens is 1. The Kier molecular flexibility index (Phi) is 1.35. The zero-order valence-corrected chi connectivity index (χ0v) is 5.92. The standard InChI is InChI=1S/C4H4BrNS/c5-3-1-2-4(6)7-3/h1-2H,6H2. The molecule has 0 aliphatic heterocycles.